The van der Waals surface area contributed by atoms with Crippen molar-refractivity contribution in [3.63, 3.8) is 0 Å². The third kappa shape index (κ3) is 22.4. The minimum atomic E-state index is -0.730. The van der Waals surface area contributed by atoms with E-state index in [1.54, 1.807) is 6.08 Å². The van der Waals surface area contributed by atoms with Gasteiger partial charge in [-0.2, -0.15) is 0 Å². The molecule has 0 rings (SSSR count). The lowest BCUT2D eigenvalue weighted by atomic mass is 10.2. The van der Waals surface area contributed by atoms with Gasteiger partial charge in [-0.05, 0) is 19.3 Å². The Balaban J connectivity index is 0. The van der Waals surface area contributed by atoms with Gasteiger partial charge in [-0.15, -0.1) is 13.2 Å². The maximum absolute atomic E-state index is 9.84. The fourth-order valence-electron chi connectivity index (χ4n) is 0.746. The summed E-state index contributed by atoms with van der Waals surface area (Å²) in [6.07, 6.45) is 9.20. The van der Waals surface area contributed by atoms with E-state index in [-0.39, 0.29) is 6.42 Å². The SMILES string of the molecule is C=CCCCC.C=CCCCC(=O)O. The maximum atomic E-state index is 9.84. The van der Waals surface area contributed by atoms with Crippen LogP contribution in [0.5, 0.6) is 0 Å². The molecule has 0 aromatic rings. The van der Waals surface area contributed by atoms with E-state index in [0.29, 0.717) is 6.42 Å². The fourth-order valence-corrected chi connectivity index (χ4v) is 0.746. The highest BCUT2D eigenvalue weighted by atomic mass is 16.4. The summed E-state index contributed by atoms with van der Waals surface area (Å²) < 4.78 is 0. The predicted molar refractivity (Wildman–Crippen MR) is 61.4 cm³/mol. The van der Waals surface area contributed by atoms with Gasteiger partial charge in [0.1, 0.15) is 0 Å². The Bertz CT molecular complexity index is 150. The summed E-state index contributed by atoms with van der Waals surface area (Å²) in [4.78, 5) is 9.84. The molecule has 0 atom stereocenters. The zero-order chi connectivity index (χ0) is 11.2. The van der Waals surface area contributed by atoms with E-state index in [2.05, 4.69) is 20.1 Å². The first-order chi connectivity index (χ1) is 6.68. The zero-order valence-electron chi connectivity index (χ0n) is 9.17. The number of rotatable bonds is 7. The van der Waals surface area contributed by atoms with Crippen LogP contribution in [0, 0.1) is 0 Å². The lowest BCUT2D eigenvalue weighted by Crippen LogP contribution is -1.92. The molecule has 0 fully saturated rings. The van der Waals surface area contributed by atoms with Crippen LogP contribution >= 0.6 is 0 Å². The Hall–Kier alpha value is -1.05. The molecule has 0 heterocycles. The smallest absolute Gasteiger partial charge is 0.303 e. The van der Waals surface area contributed by atoms with Gasteiger partial charge >= 0.3 is 5.97 Å². The van der Waals surface area contributed by atoms with Crippen molar-refractivity contribution in [3.8, 4) is 0 Å². The molecule has 0 saturated carbocycles. The summed E-state index contributed by atoms with van der Waals surface area (Å²) in [6, 6.07) is 0. The molecule has 0 aliphatic rings. The number of allylic oxidation sites excluding steroid dienone is 2. The van der Waals surface area contributed by atoms with Crippen LogP contribution in [0.25, 0.3) is 0 Å². The molecular weight excluding hydrogens is 176 g/mol. The van der Waals surface area contributed by atoms with E-state index < -0.39 is 5.97 Å². The Kier molecular flexibility index (Phi) is 15.9. The number of carboxylic acid groups (broad SMARTS) is 1. The van der Waals surface area contributed by atoms with Crippen molar-refractivity contribution >= 4 is 5.97 Å². The molecule has 0 saturated heterocycles. The molecule has 0 aliphatic carbocycles. The number of hydrogen-bond donors (Lipinski definition) is 1. The van der Waals surface area contributed by atoms with Gasteiger partial charge in [-0.1, -0.05) is 31.9 Å². The predicted octanol–water partition coefficient (Wildman–Crippen LogP) is 3.79. The lowest BCUT2D eigenvalue weighted by Gasteiger charge is -1.87. The first-order valence-corrected chi connectivity index (χ1v) is 5.12. The normalized spacial score (nSPS) is 8.36. The van der Waals surface area contributed by atoms with E-state index in [9.17, 15) is 4.79 Å². The van der Waals surface area contributed by atoms with Crippen LogP contribution in [0.2, 0.25) is 0 Å². The Morgan fingerprint density at radius 1 is 1.21 bits per heavy atom. The van der Waals surface area contributed by atoms with Crippen molar-refractivity contribution in [1.29, 1.82) is 0 Å². The van der Waals surface area contributed by atoms with Crippen LogP contribution in [0.15, 0.2) is 25.3 Å². The summed E-state index contributed by atoms with van der Waals surface area (Å²) in [5, 5.41) is 8.11. The molecular formula is C12H22O2. The van der Waals surface area contributed by atoms with E-state index in [1.165, 1.54) is 19.3 Å². The van der Waals surface area contributed by atoms with Crippen molar-refractivity contribution in [3.05, 3.63) is 25.3 Å². The highest BCUT2D eigenvalue weighted by Gasteiger charge is 1.91. The summed E-state index contributed by atoms with van der Waals surface area (Å²) in [5.41, 5.74) is 0. The molecule has 82 valence electrons. The van der Waals surface area contributed by atoms with Crippen LogP contribution in [0.3, 0.4) is 0 Å². The molecule has 0 aromatic heterocycles. The Morgan fingerprint density at radius 2 is 1.71 bits per heavy atom. The van der Waals surface area contributed by atoms with Gasteiger partial charge < -0.3 is 5.11 Å². The number of unbranched alkanes of at least 4 members (excludes halogenated alkanes) is 3. The largest absolute Gasteiger partial charge is 0.481 e. The highest BCUT2D eigenvalue weighted by molar-refractivity contribution is 5.66. The molecule has 0 spiro atoms. The number of hydrogen-bond acceptors (Lipinski definition) is 1. The van der Waals surface area contributed by atoms with E-state index in [0.717, 1.165) is 6.42 Å². The maximum Gasteiger partial charge on any atom is 0.303 e. The molecule has 0 bridgehead atoms. The zero-order valence-corrected chi connectivity index (χ0v) is 9.17. The first kappa shape index (κ1) is 15.4. The van der Waals surface area contributed by atoms with Gasteiger partial charge in [0.15, 0.2) is 0 Å². The summed E-state index contributed by atoms with van der Waals surface area (Å²) in [6.45, 7) is 9.25. The Labute approximate surface area is 87.3 Å². The number of aliphatic carboxylic acids is 1. The van der Waals surface area contributed by atoms with Crippen molar-refractivity contribution in [2.24, 2.45) is 0 Å². The quantitative estimate of drug-likeness (QED) is 0.499. The monoisotopic (exact) mass is 198 g/mol. The molecule has 0 aromatic carbocycles. The van der Waals surface area contributed by atoms with Gasteiger partial charge in [0.2, 0.25) is 0 Å². The molecule has 14 heavy (non-hydrogen) atoms. The van der Waals surface area contributed by atoms with Gasteiger partial charge in [-0.3, -0.25) is 4.79 Å². The summed E-state index contributed by atoms with van der Waals surface area (Å²) in [7, 11) is 0. The van der Waals surface area contributed by atoms with Crippen molar-refractivity contribution in [2.75, 3.05) is 0 Å². The van der Waals surface area contributed by atoms with Gasteiger partial charge in [0.25, 0.3) is 0 Å². The average Bonchev–Trinajstić information content (AvgIpc) is 2.16. The molecule has 0 unspecified atom stereocenters. The molecule has 2 nitrogen and oxygen atoms in total. The first-order valence-electron chi connectivity index (χ1n) is 5.12. The van der Waals surface area contributed by atoms with Crippen LogP contribution in [-0.2, 0) is 4.79 Å². The molecule has 0 amide bonds. The van der Waals surface area contributed by atoms with Crippen LogP contribution < -0.4 is 0 Å². The van der Waals surface area contributed by atoms with Gasteiger partial charge in [-0.25, -0.2) is 0 Å². The van der Waals surface area contributed by atoms with Crippen LogP contribution in [-0.4, -0.2) is 11.1 Å². The number of carbonyl (C=O) groups is 1. The topological polar surface area (TPSA) is 37.3 Å². The lowest BCUT2D eigenvalue weighted by molar-refractivity contribution is -0.137. The molecule has 0 aliphatic heterocycles. The third-order valence-corrected chi connectivity index (χ3v) is 1.56. The summed E-state index contributed by atoms with van der Waals surface area (Å²) in [5.74, 6) is -0.730. The van der Waals surface area contributed by atoms with Crippen molar-refractivity contribution in [1.82, 2.24) is 0 Å². The second-order valence-electron chi connectivity index (χ2n) is 3.01. The van der Waals surface area contributed by atoms with Gasteiger partial charge in [0.05, 0.1) is 0 Å². The minimum Gasteiger partial charge on any atom is -0.481 e. The third-order valence-electron chi connectivity index (χ3n) is 1.56. The molecule has 1 N–H and O–H groups in total. The average molecular weight is 198 g/mol. The summed E-state index contributed by atoms with van der Waals surface area (Å²) >= 11 is 0. The van der Waals surface area contributed by atoms with Crippen molar-refractivity contribution in [2.45, 2.75) is 45.4 Å². The minimum absolute atomic E-state index is 0.256. The molecule has 0 radical (unpaired) electrons. The molecule has 2 heteroatoms. The van der Waals surface area contributed by atoms with E-state index in [4.69, 9.17) is 5.11 Å². The Morgan fingerprint density at radius 3 is 2.00 bits per heavy atom. The highest BCUT2D eigenvalue weighted by Crippen LogP contribution is 1.93. The van der Waals surface area contributed by atoms with E-state index >= 15 is 0 Å². The van der Waals surface area contributed by atoms with Crippen LogP contribution in [0.1, 0.15) is 45.4 Å². The second kappa shape index (κ2) is 14.5. The van der Waals surface area contributed by atoms with E-state index in [1.807, 2.05) is 6.08 Å². The van der Waals surface area contributed by atoms with Crippen molar-refractivity contribution < 1.29 is 9.90 Å². The van der Waals surface area contributed by atoms with Gasteiger partial charge in [0, 0.05) is 6.42 Å². The standard InChI is InChI=1S/C6H10O2.C6H12/c1-2-3-4-5-6(7)8;1-3-5-6-4-2/h2H,1,3-5H2,(H,7,8);3H,1,4-6H2,2H3. The van der Waals surface area contributed by atoms with Crippen LogP contribution in [0.4, 0.5) is 0 Å². The number of carboxylic acids is 1. The fraction of sp³-hybridized carbons (Fsp3) is 0.583. The second-order valence-corrected chi connectivity index (χ2v) is 3.01.